The van der Waals surface area contributed by atoms with Gasteiger partial charge >= 0.3 is 12.0 Å². The quantitative estimate of drug-likeness (QED) is 0.637. The monoisotopic (exact) mass is 246 g/mol. The molecule has 0 spiro atoms. The van der Waals surface area contributed by atoms with E-state index in [2.05, 4.69) is 5.32 Å². The predicted molar refractivity (Wildman–Crippen MR) is 63.7 cm³/mol. The van der Waals surface area contributed by atoms with Crippen LogP contribution in [-0.2, 0) is 4.79 Å². The number of carboxylic acids is 1. The summed E-state index contributed by atoms with van der Waals surface area (Å²) in [5.41, 5.74) is 0. The Balaban J connectivity index is 4.52. The Labute approximate surface area is 102 Å². The molecule has 17 heavy (non-hydrogen) atoms. The van der Waals surface area contributed by atoms with Crippen LogP contribution in [0.2, 0.25) is 0 Å². The number of aliphatic hydroxyl groups is 1. The van der Waals surface area contributed by atoms with E-state index in [0.29, 0.717) is 19.0 Å². The van der Waals surface area contributed by atoms with E-state index in [1.165, 1.54) is 11.8 Å². The van der Waals surface area contributed by atoms with Crippen LogP contribution >= 0.6 is 0 Å². The second kappa shape index (κ2) is 7.11. The molecule has 0 saturated heterocycles. The molecule has 3 N–H and O–H groups in total. The maximum Gasteiger partial charge on any atom is 0.328 e. The highest BCUT2D eigenvalue weighted by Gasteiger charge is 2.26. The van der Waals surface area contributed by atoms with Crippen LogP contribution in [0.25, 0.3) is 0 Å². The molecule has 0 aliphatic carbocycles. The van der Waals surface area contributed by atoms with E-state index in [1.807, 2.05) is 20.8 Å². The summed E-state index contributed by atoms with van der Waals surface area (Å²) < 4.78 is 0. The van der Waals surface area contributed by atoms with E-state index in [4.69, 9.17) is 5.11 Å². The first-order valence-corrected chi connectivity index (χ1v) is 5.75. The van der Waals surface area contributed by atoms with Gasteiger partial charge in [0.05, 0.1) is 6.10 Å². The summed E-state index contributed by atoms with van der Waals surface area (Å²) in [6.45, 7) is 8.14. The summed E-state index contributed by atoms with van der Waals surface area (Å²) in [5.74, 6) is -0.940. The first-order valence-electron chi connectivity index (χ1n) is 5.75. The predicted octanol–water partition coefficient (Wildman–Crippen LogP) is 0.508. The summed E-state index contributed by atoms with van der Waals surface area (Å²) in [6.07, 6.45) is -1.13. The van der Waals surface area contributed by atoms with Crippen molar-refractivity contribution in [3.05, 3.63) is 0 Å². The molecule has 100 valence electrons. The van der Waals surface area contributed by atoms with Crippen LogP contribution in [0.4, 0.5) is 4.79 Å². The number of aliphatic carboxylic acids is 1. The summed E-state index contributed by atoms with van der Waals surface area (Å²) in [6, 6.07) is -1.74. The summed E-state index contributed by atoms with van der Waals surface area (Å²) >= 11 is 0. The minimum absolute atomic E-state index is 0.301. The third kappa shape index (κ3) is 5.53. The lowest BCUT2D eigenvalue weighted by atomic mass is 10.2. The molecule has 6 nitrogen and oxygen atoms in total. The number of carboxylic acid groups (broad SMARTS) is 1. The third-order valence-electron chi connectivity index (χ3n) is 2.28. The molecule has 0 aliphatic rings. The van der Waals surface area contributed by atoms with E-state index in [-0.39, 0.29) is 0 Å². The van der Waals surface area contributed by atoms with Crippen LogP contribution < -0.4 is 5.32 Å². The molecule has 2 atom stereocenters. The standard InChI is InChI=1S/C11H22N2O4/c1-5-13(6-7(2)3)11(17)12-9(8(4)14)10(15)16/h7-9,14H,5-6H2,1-4H3,(H,12,17)(H,15,16). The first-order chi connectivity index (χ1) is 7.79. The van der Waals surface area contributed by atoms with E-state index in [0.717, 1.165) is 0 Å². The fourth-order valence-electron chi connectivity index (χ4n) is 1.41. The van der Waals surface area contributed by atoms with Crippen LogP contribution in [0.1, 0.15) is 27.7 Å². The lowest BCUT2D eigenvalue weighted by Gasteiger charge is -2.26. The number of hydrogen-bond acceptors (Lipinski definition) is 3. The molecule has 0 aromatic carbocycles. The molecule has 6 heteroatoms. The molecule has 2 unspecified atom stereocenters. The minimum atomic E-state index is -1.27. The fraction of sp³-hybridized carbons (Fsp3) is 0.818. The number of carbonyl (C=O) groups is 2. The zero-order chi connectivity index (χ0) is 13.6. The Hall–Kier alpha value is -1.30. The molecule has 0 aromatic heterocycles. The average molecular weight is 246 g/mol. The van der Waals surface area contributed by atoms with Gasteiger partial charge in [-0.15, -0.1) is 0 Å². The van der Waals surface area contributed by atoms with Gasteiger partial charge in [0.15, 0.2) is 6.04 Å². The second-order valence-corrected chi connectivity index (χ2v) is 4.44. The van der Waals surface area contributed by atoms with Gasteiger partial charge in [0.1, 0.15) is 0 Å². The number of urea groups is 1. The Morgan fingerprint density at radius 1 is 1.29 bits per heavy atom. The van der Waals surface area contributed by atoms with Crippen molar-refractivity contribution in [3.63, 3.8) is 0 Å². The number of nitrogens with zero attached hydrogens (tertiary/aromatic N) is 1. The second-order valence-electron chi connectivity index (χ2n) is 4.44. The van der Waals surface area contributed by atoms with Crippen molar-refractivity contribution in [3.8, 4) is 0 Å². The maximum atomic E-state index is 11.8. The topological polar surface area (TPSA) is 89.9 Å². The van der Waals surface area contributed by atoms with Gasteiger partial charge in [0, 0.05) is 13.1 Å². The lowest BCUT2D eigenvalue weighted by molar-refractivity contribution is -0.141. The molecular formula is C11H22N2O4. The number of carbonyl (C=O) groups excluding carboxylic acids is 1. The number of rotatable bonds is 6. The fourth-order valence-corrected chi connectivity index (χ4v) is 1.41. The van der Waals surface area contributed by atoms with Crippen molar-refractivity contribution >= 4 is 12.0 Å². The van der Waals surface area contributed by atoms with Crippen LogP contribution in [0, 0.1) is 5.92 Å². The van der Waals surface area contributed by atoms with Crippen molar-refractivity contribution in [2.24, 2.45) is 5.92 Å². The molecule has 0 radical (unpaired) electrons. The van der Waals surface area contributed by atoms with Gasteiger partial charge in [0.25, 0.3) is 0 Å². The number of aliphatic hydroxyl groups excluding tert-OH is 1. The molecule has 0 aromatic rings. The van der Waals surface area contributed by atoms with Crippen molar-refractivity contribution in [2.75, 3.05) is 13.1 Å². The molecule has 0 fully saturated rings. The Morgan fingerprint density at radius 2 is 1.82 bits per heavy atom. The van der Waals surface area contributed by atoms with Crippen LogP contribution in [0.3, 0.4) is 0 Å². The van der Waals surface area contributed by atoms with E-state index >= 15 is 0 Å². The van der Waals surface area contributed by atoms with Gasteiger partial charge in [-0.1, -0.05) is 13.8 Å². The summed E-state index contributed by atoms with van der Waals surface area (Å²) in [5, 5.41) is 20.4. The molecular weight excluding hydrogens is 224 g/mol. The summed E-state index contributed by atoms with van der Waals surface area (Å²) in [4.78, 5) is 24.1. The molecule has 0 bridgehead atoms. The zero-order valence-electron chi connectivity index (χ0n) is 10.8. The zero-order valence-corrected chi connectivity index (χ0v) is 10.8. The third-order valence-corrected chi connectivity index (χ3v) is 2.28. The molecule has 0 rings (SSSR count). The van der Waals surface area contributed by atoms with Crippen molar-refractivity contribution in [1.82, 2.24) is 10.2 Å². The Bertz CT molecular complexity index is 266. The van der Waals surface area contributed by atoms with Crippen LogP contribution in [-0.4, -0.2) is 52.3 Å². The lowest BCUT2D eigenvalue weighted by Crippen LogP contribution is -2.52. The minimum Gasteiger partial charge on any atom is -0.480 e. The number of amides is 2. The van der Waals surface area contributed by atoms with Gasteiger partial charge in [0.2, 0.25) is 0 Å². The van der Waals surface area contributed by atoms with Crippen molar-refractivity contribution in [1.29, 1.82) is 0 Å². The Morgan fingerprint density at radius 3 is 2.12 bits per heavy atom. The Kier molecular flexibility index (Phi) is 6.57. The summed E-state index contributed by atoms with van der Waals surface area (Å²) in [7, 11) is 0. The average Bonchev–Trinajstić information content (AvgIpc) is 2.20. The molecule has 0 saturated carbocycles. The van der Waals surface area contributed by atoms with Crippen LogP contribution in [0.5, 0.6) is 0 Å². The first kappa shape index (κ1) is 15.7. The van der Waals surface area contributed by atoms with E-state index < -0.39 is 24.1 Å². The van der Waals surface area contributed by atoms with E-state index in [1.54, 1.807) is 0 Å². The van der Waals surface area contributed by atoms with Gasteiger partial charge < -0.3 is 20.4 Å². The normalized spacial score (nSPS) is 14.2. The highest BCUT2D eigenvalue weighted by atomic mass is 16.4. The highest BCUT2D eigenvalue weighted by Crippen LogP contribution is 2.01. The molecule has 0 heterocycles. The van der Waals surface area contributed by atoms with E-state index in [9.17, 15) is 14.7 Å². The largest absolute Gasteiger partial charge is 0.480 e. The van der Waals surface area contributed by atoms with Gasteiger partial charge in [-0.05, 0) is 19.8 Å². The molecule has 2 amide bonds. The van der Waals surface area contributed by atoms with Crippen molar-refractivity contribution in [2.45, 2.75) is 39.8 Å². The van der Waals surface area contributed by atoms with Crippen molar-refractivity contribution < 1.29 is 19.8 Å². The van der Waals surface area contributed by atoms with Gasteiger partial charge in [-0.2, -0.15) is 0 Å². The van der Waals surface area contributed by atoms with Gasteiger partial charge in [-0.25, -0.2) is 9.59 Å². The maximum absolute atomic E-state index is 11.8. The van der Waals surface area contributed by atoms with Gasteiger partial charge in [-0.3, -0.25) is 0 Å². The molecule has 0 aliphatic heterocycles. The highest BCUT2D eigenvalue weighted by molar-refractivity contribution is 5.83. The van der Waals surface area contributed by atoms with Crippen LogP contribution in [0.15, 0.2) is 0 Å². The smallest absolute Gasteiger partial charge is 0.328 e. The number of nitrogens with one attached hydrogen (secondary N) is 1. The SMILES string of the molecule is CCN(CC(C)C)C(=O)NC(C(=O)O)C(C)O. The number of hydrogen-bond donors (Lipinski definition) is 3.